The molecule has 2 N–H and O–H groups in total. The number of benzene rings is 1. The molecule has 0 aliphatic carbocycles. The third-order valence-electron chi connectivity index (χ3n) is 4.51. The first-order valence-electron chi connectivity index (χ1n) is 8.48. The molecule has 23 heavy (non-hydrogen) atoms. The van der Waals surface area contributed by atoms with E-state index in [0.717, 1.165) is 24.6 Å². The van der Waals surface area contributed by atoms with Crippen LogP contribution in [-0.4, -0.2) is 44.4 Å². The summed E-state index contributed by atoms with van der Waals surface area (Å²) in [5.74, 6) is 1.75. The largest absolute Gasteiger partial charge is 0.492 e. The first-order valence-corrected chi connectivity index (χ1v) is 8.48. The predicted octanol–water partition coefficient (Wildman–Crippen LogP) is 2.17. The molecule has 0 aromatic heterocycles. The van der Waals surface area contributed by atoms with Gasteiger partial charge >= 0.3 is 0 Å². The van der Waals surface area contributed by atoms with E-state index in [4.69, 9.17) is 9.47 Å². The highest BCUT2D eigenvalue weighted by atomic mass is 16.5. The standard InChI is InChI=1S/C18H27N3O2/c1-12-8-13(2)10-15(9-12)22-7-6-20-18(19-3)21-16-11-14-4-5-17(16)23-14/h8-10,14,16-17H,4-7,11H2,1-3H3,(H2,19,20,21). The lowest BCUT2D eigenvalue weighted by molar-refractivity contribution is 0.0992. The van der Waals surface area contributed by atoms with E-state index in [9.17, 15) is 0 Å². The summed E-state index contributed by atoms with van der Waals surface area (Å²) in [5.41, 5.74) is 2.45. The molecule has 2 aliphatic heterocycles. The van der Waals surface area contributed by atoms with Gasteiger partial charge in [0.15, 0.2) is 5.96 Å². The average Bonchev–Trinajstić information content (AvgIpc) is 3.12. The van der Waals surface area contributed by atoms with Crippen molar-refractivity contribution in [2.75, 3.05) is 20.2 Å². The van der Waals surface area contributed by atoms with Gasteiger partial charge in [0.25, 0.3) is 0 Å². The minimum absolute atomic E-state index is 0.352. The molecule has 3 unspecified atom stereocenters. The number of hydrogen-bond acceptors (Lipinski definition) is 3. The second-order valence-electron chi connectivity index (χ2n) is 6.53. The van der Waals surface area contributed by atoms with Gasteiger partial charge in [-0.1, -0.05) is 6.07 Å². The van der Waals surface area contributed by atoms with Gasteiger partial charge in [-0.25, -0.2) is 0 Å². The maximum absolute atomic E-state index is 5.87. The normalized spacial score (nSPS) is 26.4. The summed E-state index contributed by atoms with van der Waals surface area (Å²) in [6, 6.07) is 6.66. The number of fused-ring (bicyclic) bond motifs is 2. The van der Waals surface area contributed by atoms with Crippen molar-refractivity contribution >= 4 is 5.96 Å². The summed E-state index contributed by atoms with van der Waals surface area (Å²) in [6.07, 6.45) is 4.26. The minimum atomic E-state index is 0.352. The van der Waals surface area contributed by atoms with Crippen molar-refractivity contribution in [2.24, 2.45) is 4.99 Å². The zero-order valence-corrected chi connectivity index (χ0v) is 14.3. The monoisotopic (exact) mass is 317 g/mol. The molecule has 3 rings (SSSR count). The lowest BCUT2D eigenvalue weighted by atomic mass is 9.96. The molecule has 3 atom stereocenters. The third kappa shape index (κ3) is 4.16. The van der Waals surface area contributed by atoms with Crippen LogP contribution in [0.3, 0.4) is 0 Å². The van der Waals surface area contributed by atoms with Gasteiger partial charge in [-0.2, -0.15) is 0 Å². The van der Waals surface area contributed by atoms with Crippen LogP contribution in [0.25, 0.3) is 0 Å². The number of aryl methyl sites for hydroxylation is 2. The van der Waals surface area contributed by atoms with Gasteiger partial charge in [0.1, 0.15) is 12.4 Å². The third-order valence-corrected chi connectivity index (χ3v) is 4.51. The van der Waals surface area contributed by atoms with Crippen LogP contribution in [0.1, 0.15) is 30.4 Å². The molecule has 2 aliphatic rings. The van der Waals surface area contributed by atoms with Crippen LogP contribution < -0.4 is 15.4 Å². The summed E-state index contributed by atoms with van der Waals surface area (Å²) in [5, 5.41) is 6.79. The van der Waals surface area contributed by atoms with Gasteiger partial charge < -0.3 is 20.1 Å². The van der Waals surface area contributed by atoms with Gasteiger partial charge in [-0.3, -0.25) is 4.99 Å². The van der Waals surface area contributed by atoms with Crippen molar-refractivity contribution in [1.29, 1.82) is 0 Å². The lowest BCUT2D eigenvalue weighted by Crippen LogP contribution is -2.48. The molecule has 0 saturated carbocycles. The Kier molecular flexibility index (Phi) is 5.06. The van der Waals surface area contributed by atoms with Crippen molar-refractivity contribution in [3.63, 3.8) is 0 Å². The van der Waals surface area contributed by atoms with Gasteiger partial charge in [-0.05, 0) is 56.4 Å². The second kappa shape index (κ2) is 7.21. The quantitative estimate of drug-likeness (QED) is 0.496. The van der Waals surface area contributed by atoms with Crippen molar-refractivity contribution < 1.29 is 9.47 Å². The van der Waals surface area contributed by atoms with E-state index >= 15 is 0 Å². The Morgan fingerprint density at radius 2 is 2.04 bits per heavy atom. The van der Waals surface area contributed by atoms with Crippen LogP contribution in [0.15, 0.2) is 23.2 Å². The summed E-state index contributed by atoms with van der Waals surface area (Å²) >= 11 is 0. The fourth-order valence-electron chi connectivity index (χ4n) is 3.51. The van der Waals surface area contributed by atoms with E-state index in [1.165, 1.54) is 17.5 Å². The van der Waals surface area contributed by atoms with E-state index < -0.39 is 0 Å². The van der Waals surface area contributed by atoms with Crippen molar-refractivity contribution in [3.8, 4) is 5.75 Å². The molecule has 0 radical (unpaired) electrons. The number of nitrogens with zero attached hydrogens (tertiary/aromatic N) is 1. The molecule has 1 aromatic rings. The van der Waals surface area contributed by atoms with Crippen molar-refractivity contribution in [2.45, 2.75) is 51.4 Å². The van der Waals surface area contributed by atoms with Crippen molar-refractivity contribution in [1.82, 2.24) is 10.6 Å². The first-order chi connectivity index (χ1) is 11.1. The molecular weight excluding hydrogens is 290 g/mol. The molecule has 126 valence electrons. The molecule has 5 heteroatoms. The van der Waals surface area contributed by atoms with Gasteiger partial charge in [-0.15, -0.1) is 0 Å². The van der Waals surface area contributed by atoms with E-state index in [1.54, 1.807) is 7.05 Å². The van der Waals surface area contributed by atoms with E-state index in [1.807, 2.05) is 0 Å². The number of ether oxygens (including phenoxy) is 2. The van der Waals surface area contributed by atoms with Crippen LogP contribution >= 0.6 is 0 Å². The number of guanidine groups is 1. The van der Waals surface area contributed by atoms with Gasteiger partial charge in [0, 0.05) is 7.05 Å². The van der Waals surface area contributed by atoms with Crippen LogP contribution in [0.4, 0.5) is 0 Å². The number of aliphatic imine (C=N–C) groups is 1. The smallest absolute Gasteiger partial charge is 0.191 e. The highest BCUT2D eigenvalue weighted by molar-refractivity contribution is 5.80. The molecule has 1 aromatic carbocycles. The van der Waals surface area contributed by atoms with Crippen LogP contribution in [0.2, 0.25) is 0 Å². The molecule has 2 saturated heterocycles. The SMILES string of the molecule is CN=C(NCCOc1cc(C)cc(C)c1)NC1CC2CCC1O2. The molecule has 0 spiro atoms. The van der Waals surface area contributed by atoms with Crippen LogP contribution in [0, 0.1) is 13.8 Å². The number of nitrogens with one attached hydrogen (secondary N) is 2. The predicted molar refractivity (Wildman–Crippen MR) is 92.2 cm³/mol. The molecule has 2 heterocycles. The Labute approximate surface area is 138 Å². The van der Waals surface area contributed by atoms with E-state index in [-0.39, 0.29) is 0 Å². The number of rotatable bonds is 5. The van der Waals surface area contributed by atoms with E-state index in [2.05, 4.69) is 47.7 Å². The Bertz CT molecular complexity index is 553. The van der Waals surface area contributed by atoms with Gasteiger partial charge in [0.2, 0.25) is 0 Å². The molecule has 2 fully saturated rings. The fraction of sp³-hybridized carbons (Fsp3) is 0.611. The Hall–Kier alpha value is -1.75. The summed E-state index contributed by atoms with van der Waals surface area (Å²) < 4.78 is 11.7. The summed E-state index contributed by atoms with van der Waals surface area (Å²) in [4.78, 5) is 4.29. The Morgan fingerprint density at radius 1 is 1.26 bits per heavy atom. The fourth-order valence-corrected chi connectivity index (χ4v) is 3.51. The maximum Gasteiger partial charge on any atom is 0.191 e. The van der Waals surface area contributed by atoms with Crippen LogP contribution in [0.5, 0.6) is 5.75 Å². The Morgan fingerprint density at radius 3 is 2.65 bits per heavy atom. The minimum Gasteiger partial charge on any atom is -0.492 e. The second-order valence-corrected chi connectivity index (χ2v) is 6.53. The summed E-state index contributed by atoms with van der Waals surface area (Å²) in [6.45, 7) is 5.49. The zero-order valence-electron chi connectivity index (χ0n) is 14.3. The number of hydrogen-bond donors (Lipinski definition) is 2. The van der Waals surface area contributed by atoms with Crippen molar-refractivity contribution in [3.05, 3.63) is 29.3 Å². The van der Waals surface area contributed by atoms with Crippen LogP contribution in [-0.2, 0) is 4.74 Å². The Balaban J connectivity index is 1.40. The lowest BCUT2D eigenvalue weighted by Gasteiger charge is -2.22. The average molecular weight is 317 g/mol. The molecule has 2 bridgehead atoms. The zero-order chi connectivity index (χ0) is 16.2. The van der Waals surface area contributed by atoms with Gasteiger partial charge in [0.05, 0.1) is 24.8 Å². The first kappa shape index (κ1) is 16.1. The highest BCUT2D eigenvalue weighted by Gasteiger charge is 2.41. The highest BCUT2D eigenvalue weighted by Crippen LogP contribution is 2.34. The van der Waals surface area contributed by atoms with E-state index in [0.29, 0.717) is 31.4 Å². The molecule has 5 nitrogen and oxygen atoms in total. The summed E-state index contributed by atoms with van der Waals surface area (Å²) in [7, 11) is 1.80. The maximum atomic E-state index is 5.87. The molecular formula is C18H27N3O2. The molecule has 0 amide bonds. The topological polar surface area (TPSA) is 54.9 Å².